The summed E-state index contributed by atoms with van der Waals surface area (Å²) in [5, 5.41) is 9.86. The van der Waals surface area contributed by atoms with Crippen molar-refractivity contribution in [3.05, 3.63) is 27.7 Å². The lowest BCUT2D eigenvalue weighted by atomic mass is 9.68. The number of carbonyl (C=O) groups is 1. The van der Waals surface area contributed by atoms with E-state index in [9.17, 15) is 9.90 Å². The van der Waals surface area contributed by atoms with Crippen molar-refractivity contribution in [1.82, 2.24) is 0 Å². The van der Waals surface area contributed by atoms with Crippen LogP contribution in [0.1, 0.15) is 43.2 Å². The van der Waals surface area contributed by atoms with Gasteiger partial charge in [-0.05, 0) is 52.0 Å². The van der Waals surface area contributed by atoms with Crippen molar-refractivity contribution < 1.29 is 19.4 Å². The third-order valence-corrected chi connectivity index (χ3v) is 4.93. The smallest absolute Gasteiger partial charge is 0.314 e. The number of halogens is 1. The monoisotopic (exact) mass is 356 g/mol. The second-order valence-corrected chi connectivity index (χ2v) is 6.38. The van der Waals surface area contributed by atoms with Gasteiger partial charge in [0, 0.05) is 7.11 Å². The first-order chi connectivity index (χ1) is 10.0. The normalized spacial score (nSPS) is 17.5. The number of carboxylic acid groups (broad SMARTS) is 1. The summed E-state index contributed by atoms with van der Waals surface area (Å²) in [7, 11) is 3.22. The summed E-state index contributed by atoms with van der Waals surface area (Å²) < 4.78 is 11.4. The highest BCUT2D eigenvalue weighted by Crippen LogP contribution is 2.44. The van der Waals surface area contributed by atoms with E-state index in [2.05, 4.69) is 15.9 Å². The number of hydrogen-bond donors (Lipinski definition) is 1. The summed E-state index contributed by atoms with van der Waals surface area (Å²) in [5.41, 5.74) is 0.937. The highest BCUT2D eigenvalue weighted by molar-refractivity contribution is 9.10. The second-order valence-electron chi connectivity index (χ2n) is 5.52. The van der Waals surface area contributed by atoms with Crippen molar-refractivity contribution in [2.75, 3.05) is 14.2 Å². The van der Waals surface area contributed by atoms with Crippen LogP contribution in [0.3, 0.4) is 0 Å². The van der Waals surface area contributed by atoms with E-state index >= 15 is 0 Å². The molecule has 0 aliphatic heterocycles. The van der Waals surface area contributed by atoms with E-state index < -0.39 is 11.4 Å². The number of aliphatic carboxylic acids is 1. The Bertz CT molecular complexity index is 521. The molecule has 1 saturated carbocycles. The zero-order chi connectivity index (χ0) is 15.5. The third-order valence-electron chi connectivity index (χ3n) is 4.31. The van der Waals surface area contributed by atoms with Crippen LogP contribution >= 0.6 is 15.9 Å². The first-order valence-corrected chi connectivity index (χ1v) is 7.93. The molecule has 4 nitrogen and oxygen atoms in total. The Kier molecular flexibility index (Phi) is 5.27. The van der Waals surface area contributed by atoms with Gasteiger partial charge in [0.1, 0.15) is 5.75 Å². The van der Waals surface area contributed by atoms with Gasteiger partial charge in [0.15, 0.2) is 0 Å². The van der Waals surface area contributed by atoms with Crippen LogP contribution in [0, 0.1) is 0 Å². The van der Waals surface area contributed by atoms with Gasteiger partial charge in [-0.15, -0.1) is 0 Å². The van der Waals surface area contributed by atoms with Gasteiger partial charge in [0.25, 0.3) is 0 Å². The summed E-state index contributed by atoms with van der Waals surface area (Å²) in [5.74, 6) is -0.0428. The van der Waals surface area contributed by atoms with Crippen LogP contribution in [0.5, 0.6) is 5.75 Å². The molecule has 0 amide bonds. The summed E-state index contributed by atoms with van der Waals surface area (Å²) in [6, 6.07) is 3.77. The highest BCUT2D eigenvalue weighted by Gasteiger charge is 2.43. The van der Waals surface area contributed by atoms with Gasteiger partial charge in [0.05, 0.1) is 23.6 Å². The molecule has 5 heteroatoms. The lowest BCUT2D eigenvalue weighted by molar-refractivity contribution is -0.145. The average Bonchev–Trinajstić information content (AvgIpc) is 2.49. The Balaban J connectivity index is 2.58. The lowest BCUT2D eigenvalue weighted by Crippen LogP contribution is -2.38. The lowest BCUT2D eigenvalue weighted by Gasteiger charge is -2.35. The van der Waals surface area contributed by atoms with E-state index in [0.717, 1.165) is 34.9 Å². The highest BCUT2D eigenvalue weighted by atomic mass is 79.9. The number of methoxy groups -OCH3 is 2. The first-order valence-electron chi connectivity index (χ1n) is 7.14. The fourth-order valence-electron chi connectivity index (χ4n) is 3.23. The van der Waals surface area contributed by atoms with E-state index in [1.54, 1.807) is 14.2 Å². The van der Waals surface area contributed by atoms with E-state index in [0.29, 0.717) is 25.2 Å². The number of rotatable bonds is 5. The molecule has 0 unspecified atom stereocenters. The Hall–Kier alpha value is -1.07. The van der Waals surface area contributed by atoms with Crippen LogP contribution in [0.25, 0.3) is 0 Å². The molecule has 0 saturated heterocycles. The Morgan fingerprint density at radius 3 is 2.48 bits per heavy atom. The van der Waals surface area contributed by atoms with Crippen molar-refractivity contribution in [3.8, 4) is 5.75 Å². The van der Waals surface area contributed by atoms with Crippen LogP contribution in [0.4, 0.5) is 0 Å². The molecule has 0 heterocycles. The van der Waals surface area contributed by atoms with Gasteiger partial charge in [-0.1, -0.05) is 19.3 Å². The summed E-state index contributed by atoms with van der Waals surface area (Å²) in [6.45, 7) is 0.383. The molecule has 0 radical (unpaired) electrons. The maximum Gasteiger partial charge on any atom is 0.314 e. The fraction of sp³-hybridized carbons (Fsp3) is 0.562. The maximum atomic E-state index is 12.0. The molecule has 1 aliphatic rings. The average molecular weight is 357 g/mol. The van der Waals surface area contributed by atoms with Gasteiger partial charge >= 0.3 is 5.97 Å². The molecule has 21 heavy (non-hydrogen) atoms. The van der Waals surface area contributed by atoms with E-state index in [1.807, 2.05) is 12.1 Å². The van der Waals surface area contributed by atoms with Crippen molar-refractivity contribution >= 4 is 21.9 Å². The van der Waals surface area contributed by atoms with Gasteiger partial charge in [-0.3, -0.25) is 4.79 Å². The van der Waals surface area contributed by atoms with E-state index in [1.165, 1.54) is 0 Å². The molecule has 1 aromatic carbocycles. The predicted molar refractivity (Wildman–Crippen MR) is 83.8 cm³/mol. The minimum absolute atomic E-state index is 0.383. The predicted octanol–water partition coefficient (Wildman–Crippen LogP) is 3.89. The molecular formula is C16H21BrO4. The molecule has 1 fully saturated rings. The SMILES string of the molecule is COCc1cc(OC)c(Br)cc1C1(C(=O)O)CCCCC1. The largest absolute Gasteiger partial charge is 0.496 e. The summed E-state index contributed by atoms with van der Waals surface area (Å²) >= 11 is 3.47. The van der Waals surface area contributed by atoms with Crippen LogP contribution in [-0.4, -0.2) is 25.3 Å². The molecule has 0 bridgehead atoms. The zero-order valence-electron chi connectivity index (χ0n) is 12.4. The van der Waals surface area contributed by atoms with E-state index in [-0.39, 0.29) is 0 Å². The minimum Gasteiger partial charge on any atom is -0.496 e. The van der Waals surface area contributed by atoms with Crippen molar-refractivity contribution in [2.24, 2.45) is 0 Å². The summed E-state index contributed by atoms with van der Waals surface area (Å²) in [6.07, 6.45) is 4.35. The molecule has 1 aliphatic carbocycles. The Labute approximate surface area is 133 Å². The van der Waals surface area contributed by atoms with Gasteiger partial charge in [-0.25, -0.2) is 0 Å². The second kappa shape index (κ2) is 6.79. The molecule has 116 valence electrons. The van der Waals surface area contributed by atoms with Crippen LogP contribution < -0.4 is 4.74 Å². The molecule has 1 aromatic rings. The fourth-order valence-corrected chi connectivity index (χ4v) is 3.73. The molecular weight excluding hydrogens is 336 g/mol. The van der Waals surface area contributed by atoms with Crippen LogP contribution in [0.2, 0.25) is 0 Å². The van der Waals surface area contributed by atoms with Crippen molar-refractivity contribution in [1.29, 1.82) is 0 Å². The topological polar surface area (TPSA) is 55.8 Å². The number of ether oxygens (including phenoxy) is 2. The summed E-state index contributed by atoms with van der Waals surface area (Å²) in [4.78, 5) is 12.0. The standard InChI is InChI=1S/C16H21BrO4/c1-20-10-11-8-14(21-2)13(17)9-12(11)16(15(18)19)6-4-3-5-7-16/h8-9H,3-7,10H2,1-2H3,(H,18,19). The number of hydrogen-bond acceptors (Lipinski definition) is 3. The van der Waals surface area contributed by atoms with Gasteiger partial charge in [-0.2, -0.15) is 0 Å². The molecule has 2 rings (SSSR count). The minimum atomic E-state index is -0.805. The first kappa shape index (κ1) is 16.3. The van der Waals surface area contributed by atoms with Crippen LogP contribution in [0.15, 0.2) is 16.6 Å². The molecule has 0 atom stereocenters. The number of carboxylic acids is 1. The molecule has 1 N–H and O–H groups in total. The van der Waals surface area contributed by atoms with E-state index in [4.69, 9.17) is 9.47 Å². The van der Waals surface area contributed by atoms with Gasteiger partial charge < -0.3 is 14.6 Å². The third kappa shape index (κ3) is 3.09. The molecule has 0 aromatic heterocycles. The van der Waals surface area contributed by atoms with Gasteiger partial charge in [0.2, 0.25) is 0 Å². The Morgan fingerprint density at radius 2 is 1.95 bits per heavy atom. The quantitative estimate of drug-likeness (QED) is 0.869. The number of benzene rings is 1. The zero-order valence-corrected chi connectivity index (χ0v) is 14.0. The Morgan fingerprint density at radius 1 is 1.29 bits per heavy atom. The van der Waals surface area contributed by atoms with Crippen molar-refractivity contribution in [3.63, 3.8) is 0 Å². The molecule has 0 spiro atoms. The van der Waals surface area contributed by atoms with Crippen LogP contribution in [-0.2, 0) is 21.6 Å². The maximum absolute atomic E-state index is 12.0. The van der Waals surface area contributed by atoms with Crippen molar-refractivity contribution in [2.45, 2.75) is 44.1 Å².